The number of nitrogens with one attached hydrogen (secondary N) is 1. The Kier molecular flexibility index (Phi) is 5.70. The number of aryl methyl sites for hydroxylation is 1. The number of hydrogen-bond donors (Lipinski definition) is 1. The highest BCUT2D eigenvalue weighted by atomic mass is 32.2. The third kappa shape index (κ3) is 3.80. The highest BCUT2D eigenvalue weighted by molar-refractivity contribution is 7.99. The molecular formula is C16H23N3OS. The van der Waals surface area contributed by atoms with Crippen LogP contribution in [0.3, 0.4) is 0 Å². The second kappa shape index (κ2) is 7.52. The van der Waals surface area contributed by atoms with Crippen LogP contribution >= 0.6 is 11.8 Å². The van der Waals surface area contributed by atoms with E-state index < -0.39 is 0 Å². The lowest BCUT2D eigenvalue weighted by Gasteiger charge is -2.20. The van der Waals surface area contributed by atoms with Crippen LogP contribution in [0.1, 0.15) is 31.9 Å². The van der Waals surface area contributed by atoms with Gasteiger partial charge in [0.1, 0.15) is 5.75 Å². The Morgan fingerprint density at radius 2 is 2.24 bits per heavy atom. The van der Waals surface area contributed by atoms with Crippen molar-refractivity contribution in [1.82, 2.24) is 14.9 Å². The second-order valence-corrected chi connectivity index (χ2v) is 5.98. The number of hydrogen-bond acceptors (Lipinski definition) is 4. The molecular weight excluding hydrogens is 282 g/mol. The van der Waals surface area contributed by atoms with Crippen LogP contribution in [0.15, 0.2) is 40.6 Å². The van der Waals surface area contributed by atoms with E-state index in [0.29, 0.717) is 0 Å². The number of aromatic nitrogens is 2. The average Bonchev–Trinajstić information content (AvgIpc) is 2.89. The predicted octanol–water partition coefficient (Wildman–Crippen LogP) is 3.64. The molecule has 1 aromatic carbocycles. The molecule has 1 N–H and O–H groups in total. The molecule has 2 rings (SSSR count). The van der Waals surface area contributed by atoms with E-state index in [1.165, 1.54) is 10.5 Å². The van der Waals surface area contributed by atoms with Crippen LogP contribution in [0, 0.1) is 0 Å². The molecule has 0 aliphatic carbocycles. The first kappa shape index (κ1) is 15.9. The smallest absolute Gasteiger partial charge is 0.172 e. The Hall–Kier alpha value is -1.46. The highest BCUT2D eigenvalue weighted by Gasteiger charge is 2.17. The largest absolute Gasteiger partial charge is 0.496 e. The fraction of sp³-hybridized carbons (Fsp3) is 0.438. The zero-order valence-corrected chi connectivity index (χ0v) is 13.9. The van der Waals surface area contributed by atoms with E-state index in [2.05, 4.69) is 30.2 Å². The Bertz CT molecular complexity index is 583. The minimum absolute atomic E-state index is 0.240. The molecule has 21 heavy (non-hydrogen) atoms. The molecule has 0 fully saturated rings. The van der Waals surface area contributed by atoms with Gasteiger partial charge in [0.2, 0.25) is 0 Å². The SMILES string of the molecule is CCCNC(C)c1c(OC)cccc1Sc1nccn1C. The van der Waals surface area contributed by atoms with Crippen LogP contribution < -0.4 is 10.1 Å². The number of imidazole rings is 1. The minimum atomic E-state index is 0.240. The van der Waals surface area contributed by atoms with Crippen molar-refractivity contribution in [3.63, 3.8) is 0 Å². The normalized spacial score (nSPS) is 12.4. The first-order chi connectivity index (χ1) is 10.2. The standard InChI is InChI=1S/C16H23N3OS/c1-5-9-17-12(2)15-13(20-4)7-6-8-14(15)21-16-18-10-11-19(16)3/h6-8,10-12,17H,5,9H2,1-4H3. The summed E-state index contributed by atoms with van der Waals surface area (Å²) in [5, 5.41) is 4.52. The van der Waals surface area contributed by atoms with Gasteiger partial charge in [0, 0.05) is 35.9 Å². The summed E-state index contributed by atoms with van der Waals surface area (Å²) in [5.41, 5.74) is 1.20. The van der Waals surface area contributed by atoms with Crippen LogP contribution in [-0.4, -0.2) is 23.2 Å². The van der Waals surface area contributed by atoms with Gasteiger partial charge in [-0.25, -0.2) is 4.98 Å². The summed E-state index contributed by atoms with van der Waals surface area (Å²) in [7, 11) is 3.73. The minimum Gasteiger partial charge on any atom is -0.496 e. The van der Waals surface area contributed by atoms with Gasteiger partial charge in [-0.2, -0.15) is 0 Å². The van der Waals surface area contributed by atoms with Crippen molar-refractivity contribution < 1.29 is 4.74 Å². The first-order valence-corrected chi connectivity index (χ1v) is 8.04. The van der Waals surface area contributed by atoms with Gasteiger partial charge in [-0.1, -0.05) is 24.8 Å². The molecule has 1 atom stereocenters. The zero-order chi connectivity index (χ0) is 15.2. The molecule has 0 amide bonds. The molecule has 1 unspecified atom stereocenters. The molecule has 4 nitrogen and oxygen atoms in total. The molecule has 0 aliphatic rings. The van der Waals surface area contributed by atoms with Gasteiger partial charge in [0.25, 0.3) is 0 Å². The van der Waals surface area contributed by atoms with Crippen molar-refractivity contribution >= 4 is 11.8 Å². The summed E-state index contributed by atoms with van der Waals surface area (Å²) in [4.78, 5) is 5.57. The van der Waals surface area contributed by atoms with E-state index in [1.807, 2.05) is 36.1 Å². The Morgan fingerprint density at radius 3 is 2.86 bits per heavy atom. The van der Waals surface area contributed by atoms with Crippen LogP contribution in [0.4, 0.5) is 0 Å². The average molecular weight is 305 g/mol. The maximum absolute atomic E-state index is 5.56. The van der Waals surface area contributed by atoms with Gasteiger partial charge >= 0.3 is 0 Å². The maximum atomic E-state index is 5.56. The number of nitrogens with zero attached hydrogens (tertiary/aromatic N) is 2. The van der Waals surface area contributed by atoms with Gasteiger partial charge in [-0.15, -0.1) is 0 Å². The third-order valence-corrected chi connectivity index (χ3v) is 4.51. The van der Waals surface area contributed by atoms with Gasteiger partial charge in [-0.05, 0) is 32.0 Å². The van der Waals surface area contributed by atoms with E-state index in [-0.39, 0.29) is 6.04 Å². The molecule has 2 aromatic rings. The predicted molar refractivity (Wildman–Crippen MR) is 87.0 cm³/mol. The van der Waals surface area contributed by atoms with Crippen molar-refractivity contribution in [2.75, 3.05) is 13.7 Å². The molecule has 5 heteroatoms. The van der Waals surface area contributed by atoms with Crippen molar-refractivity contribution in [1.29, 1.82) is 0 Å². The first-order valence-electron chi connectivity index (χ1n) is 7.22. The zero-order valence-electron chi connectivity index (χ0n) is 13.1. The van der Waals surface area contributed by atoms with Crippen molar-refractivity contribution in [3.8, 4) is 5.75 Å². The topological polar surface area (TPSA) is 39.1 Å². The van der Waals surface area contributed by atoms with Crippen LogP contribution in [0.2, 0.25) is 0 Å². The summed E-state index contributed by atoms with van der Waals surface area (Å²) in [6, 6.07) is 6.41. The lowest BCUT2D eigenvalue weighted by atomic mass is 10.1. The van der Waals surface area contributed by atoms with Crippen molar-refractivity contribution in [2.24, 2.45) is 7.05 Å². The Morgan fingerprint density at radius 1 is 1.43 bits per heavy atom. The van der Waals surface area contributed by atoms with E-state index in [4.69, 9.17) is 4.74 Å². The number of rotatable bonds is 7. The number of benzene rings is 1. The van der Waals surface area contributed by atoms with Gasteiger partial charge in [0.15, 0.2) is 5.16 Å². The lowest BCUT2D eigenvalue weighted by molar-refractivity contribution is 0.399. The van der Waals surface area contributed by atoms with Crippen molar-refractivity contribution in [2.45, 2.75) is 36.4 Å². The molecule has 0 aliphatic heterocycles. The summed E-state index contributed by atoms with van der Waals surface area (Å²) < 4.78 is 7.58. The van der Waals surface area contributed by atoms with Gasteiger partial charge < -0.3 is 14.6 Å². The van der Waals surface area contributed by atoms with Crippen LogP contribution in [0.25, 0.3) is 0 Å². The quantitative estimate of drug-likeness (QED) is 0.847. The second-order valence-electron chi connectivity index (χ2n) is 4.97. The molecule has 0 bridgehead atoms. The molecule has 0 saturated heterocycles. The van der Waals surface area contributed by atoms with E-state index in [9.17, 15) is 0 Å². The maximum Gasteiger partial charge on any atom is 0.172 e. The summed E-state index contributed by atoms with van der Waals surface area (Å²) >= 11 is 1.67. The van der Waals surface area contributed by atoms with Gasteiger partial charge in [-0.3, -0.25) is 0 Å². The number of methoxy groups -OCH3 is 1. The van der Waals surface area contributed by atoms with E-state index in [0.717, 1.165) is 23.9 Å². The highest BCUT2D eigenvalue weighted by Crippen LogP contribution is 2.37. The van der Waals surface area contributed by atoms with E-state index >= 15 is 0 Å². The summed E-state index contributed by atoms with van der Waals surface area (Å²) in [6.07, 6.45) is 4.89. The fourth-order valence-electron chi connectivity index (χ4n) is 2.23. The monoisotopic (exact) mass is 305 g/mol. The van der Waals surface area contributed by atoms with Crippen molar-refractivity contribution in [3.05, 3.63) is 36.2 Å². The molecule has 0 saturated carbocycles. The molecule has 1 aromatic heterocycles. The summed E-state index contributed by atoms with van der Waals surface area (Å²) in [5.74, 6) is 0.922. The fourth-order valence-corrected chi connectivity index (χ4v) is 3.28. The van der Waals surface area contributed by atoms with E-state index in [1.54, 1.807) is 18.9 Å². The lowest BCUT2D eigenvalue weighted by Crippen LogP contribution is -2.20. The molecule has 1 heterocycles. The Balaban J connectivity index is 2.33. The van der Waals surface area contributed by atoms with Gasteiger partial charge in [0.05, 0.1) is 7.11 Å². The Labute approximate surface area is 130 Å². The van der Waals surface area contributed by atoms with Crippen LogP contribution in [0.5, 0.6) is 5.75 Å². The molecule has 114 valence electrons. The summed E-state index contributed by atoms with van der Waals surface area (Å²) in [6.45, 7) is 5.34. The molecule has 0 spiro atoms. The van der Waals surface area contributed by atoms with Crippen LogP contribution in [-0.2, 0) is 7.05 Å². The molecule has 0 radical (unpaired) electrons. The third-order valence-electron chi connectivity index (χ3n) is 3.36. The number of ether oxygens (including phenoxy) is 1.